The predicted octanol–water partition coefficient (Wildman–Crippen LogP) is 0.284. The van der Waals surface area contributed by atoms with Gasteiger partial charge in [0.1, 0.15) is 23.8 Å². The minimum absolute atomic E-state index is 0.00537. The van der Waals surface area contributed by atoms with E-state index in [9.17, 15) is 24.9 Å². The van der Waals surface area contributed by atoms with Crippen molar-refractivity contribution in [1.29, 1.82) is 0 Å². The number of ether oxygens (including phenoxy) is 2. The molecule has 5 atom stereocenters. The molecule has 0 amide bonds. The third-order valence-electron chi connectivity index (χ3n) is 6.34. The van der Waals surface area contributed by atoms with E-state index in [0.717, 1.165) is 0 Å². The number of hydrogen-bond acceptors (Lipinski definition) is 13. The van der Waals surface area contributed by atoms with Gasteiger partial charge in [-0.15, -0.1) is 5.11 Å². The van der Waals surface area contributed by atoms with Crippen molar-refractivity contribution in [1.82, 2.24) is 19.5 Å². The summed E-state index contributed by atoms with van der Waals surface area (Å²) in [6, 6.07) is 5.54. The maximum Gasteiger partial charge on any atom is 0.344 e. The number of azo groups is 1. The molecule has 4 heterocycles. The standard InChI is InChI=1S/C22H21ClN8O8/c23-21-28-15(24)12-16(29-21)31(8-26-12)17-14(33)13(32)11(39-17)6-38-22(20(36)37,19-25-7-27-30-19)5-9-1-3-10(4-2-9)18(34)35/h1-4,8,11,13-14,17,32-33H,5-7H2,(H,34,35)(H,36,37)(H2,24,28,29)/t11-,13-,14-,17-,22?/m1/s1. The molecular weight excluding hydrogens is 540 g/mol. The molecule has 0 saturated carbocycles. The van der Waals surface area contributed by atoms with Gasteiger partial charge in [-0.1, -0.05) is 12.1 Å². The highest BCUT2D eigenvalue weighted by Crippen LogP contribution is 2.34. The van der Waals surface area contributed by atoms with Crippen molar-refractivity contribution in [3.8, 4) is 0 Å². The lowest BCUT2D eigenvalue weighted by Crippen LogP contribution is -2.52. The summed E-state index contributed by atoms with van der Waals surface area (Å²) in [6.45, 7) is -0.608. The van der Waals surface area contributed by atoms with Crippen molar-refractivity contribution in [3.63, 3.8) is 0 Å². The molecule has 5 rings (SSSR count). The lowest BCUT2D eigenvalue weighted by atomic mass is 9.92. The van der Waals surface area contributed by atoms with Crippen LogP contribution in [0.4, 0.5) is 5.82 Å². The first-order valence-corrected chi connectivity index (χ1v) is 11.8. The topological polar surface area (TPSA) is 240 Å². The van der Waals surface area contributed by atoms with Crippen LogP contribution in [0.15, 0.2) is 45.8 Å². The third-order valence-corrected chi connectivity index (χ3v) is 6.51. The number of aliphatic hydroxyl groups is 2. The van der Waals surface area contributed by atoms with Crippen LogP contribution in [0, 0.1) is 0 Å². The van der Waals surface area contributed by atoms with Crippen molar-refractivity contribution in [2.45, 2.75) is 36.6 Å². The first kappa shape index (κ1) is 26.5. The number of halogens is 1. The number of hydrogen-bond donors (Lipinski definition) is 5. The highest BCUT2D eigenvalue weighted by Gasteiger charge is 2.50. The highest BCUT2D eigenvalue weighted by atomic mass is 35.5. The number of nitrogens with zero attached hydrogens (tertiary/aromatic N) is 7. The number of benzene rings is 1. The Balaban J connectivity index is 1.41. The van der Waals surface area contributed by atoms with E-state index < -0.39 is 48.7 Å². The molecule has 1 unspecified atom stereocenters. The summed E-state index contributed by atoms with van der Waals surface area (Å²) in [6.07, 6.45) is -4.41. The van der Waals surface area contributed by atoms with Crippen LogP contribution >= 0.6 is 11.6 Å². The normalized spacial score (nSPS) is 24.1. The largest absolute Gasteiger partial charge is 0.479 e. The van der Waals surface area contributed by atoms with Crippen molar-refractivity contribution in [2.24, 2.45) is 15.2 Å². The predicted molar refractivity (Wildman–Crippen MR) is 131 cm³/mol. The van der Waals surface area contributed by atoms with Crippen molar-refractivity contribution in [3.05, 3.63) is 47.0 Å². The van der Waals surface area contributed by atoms with Crippen molar-refractivity contribution in [2.75, 3.05) is 19.0 Å². The third kappa shape index (κ3) is 4.79. The molecule has 1 fully saturated rings. The van der Waals surface area contributed by atoms with E-state index in [2.05, 4.69) is 30.2 Å². The number of amidine groups is 1. The van der Waals surface area contributed by atoms with Gasteiger partial charge in [-0.3, -0.25) is 4.57 Å². The number of anilines is 1. The molecule has 1 saturated heterocycles. The summed E-state index contributed by atoms with van der Waals surface area (Å²) in [5.74, 6) is -2.80. The second kappa shape index (κ2) is 10.2. The van der Waals surface area contributed by atoms with Crippen LogP contribution in [0.3, 0.4) is 0 Å². The minimum Gasteiger partial charge on any atom is -0.479 e. The zero-order valence-corrected chi connectivity index (χ0v) is 20.6. The quantitative estimate of drug-likeness (QED) is 0.222. The summed E-state index contributed by atoms with van der Waals surface area (Å²) >= 11 is 5.91. The van der Waals surface area contributed by atoms with Crippen LogP contribution in [0.5, 0.6) is 0 Å². The number of aromatic nitrogens is 4. The number of carbonyl (C=O) groups is 2. The molecule has 204 valence electrons. The number of imidazole rings is 1. The Morgan fingerprint density at radius 1 is 1.18 bits per heavy atom. The number of carboxylic acid groups (broad SMARTS) is 2. The summed E-state index contributed by atoms with van der Waals surface area (Å²) in [5.41, 5.74) is 4.45. The molecule has 0 radical (unpaired) electrons. The van der Waals surface area contributed by atoms with E-state index >= 15 is 0 Å². The summed E-state index contributed by atoms with van der Waals surface area (Å²) in [4.78, 5) is 39.8. The van der Waals surface area contributed by atoms with E-state index in [1.165, 1.54) is 35.2 Å². The Bertz CT molecular complexity index is 1500. The molecule has 2 aliphatic heterocycles. The van der Waals surface area contributed by atoms with Gasteiger partial charge >= 0.3 is 11.9 Å². The van der Waals surface area contributed by atoms with Crippen LogP contribution in [0.1, 0.15) is 22.1 Å². The molecule has 2 aliphatic rings. The molecule has 0 bridgehead atoms. The Kier molecular flexibility index (Phi) is 6.96. The van der Waals surface area contributed by atoms with Crippen molar-refractivity contribution >= 4 is 46.4 Å². The van der Waals surface area contributed by atoms with Gasteiger partial charge in [-0.2, -0.15) is 15.1 Å². The molecule has 0 aliphatic carbocycles. The number of aliphatic carboxylic acids is 1. The smallest absolute Gasteiger partial charge is 0.344 e. The monoisotopic (exact) mass is 560 g/mol. The number of carboxylic acids is 2. The fourth-order valence-corrected chi connectivity index (χ4v) is 4.51. The first-order valence-electron chi connectivity index (χ1n) is 11.4. The molecule has 6 N–H and O–H groups in total. The number of aromatic carboxylic acids is 1. The average Bonchev–Trinajstić information content (AvgIpc) is 3.63. The zero-order chi connectivity index (χ0) is 27.9. The Morgan fingerprint density at radius 2 is 1.92 bits per heavy atom. The number of fused-ring (bicyclic) bond motifs is 1. The molecule has 39 heavy (non-hydrogen) atoms. The molecule has 3 aromatic rings. The number of rotatable bonds is 9. The Labute approximate surface area is 223 Å². The van der Waals surface area contributed by atoms with Gasteiger partial charge in [0.15, 0.2) is 30.2 Å². The second-order valence-corrected chi connectivity index (χ2v) is 9.07. The average molecular weight is 561 g/mol. The second-order valence-electron chi connectivity index (χ2n) is 8.73. The minimum atomic E-state index is -2.16. The van der Waals surface area contributed by atoms with E-state index in [4.69, 9.17) is 31.9 Å². The van der Waals surface area contributed by atoms with Crippen LogP contribution in [0.25, 0.3) is 11.2 Å². The molecular formula is C22H21ClN8O8. The number of nitrogen functional groups attached to an aromatic ring is 1. The SMILES string of the molecule is Nc1nc(Cl)nc2c1ncn2[C@@H]1O[C@H](COC(Cc2ccc(C(=O)O)cc2)(C(=O)O)C2=NCN=N2)[C@@H](O)[C@H]1O. The van der Waals surface area contributed by atoms with Gasteiger partial charge in [-0.05, 0) is 29.3 Å². The molecule has 1 aromatic carbocycles. The zero-order valence-electron chi connectivity index (χ0n) is 19.8. The summed E-state index contributed by atoms with van der Waals surface area (Å²) in [5, 5.41) is 48.3. The lowest BCUT2D eigenvalue weighted by molar-refractivity contribution is -0.162. The Morgan fingerprint density at radius 3 is 2.56 bits per heavy atom. The van der Waals surface area contributed by atoms with Crippen LogP contribution < -0.4 is 5.73 Å². The lowest BCUT2D eigenvalue weighted by Gasteiger charge is -2.29. The van der Waals surface area contributed by atoms with Gasteiger partial charge < -0.3 is 35.6 Å². The van der Waals surface area contributed by atoms with E-state index in [0.29, 0.717) is 5.56 Å². The van der Waals surface area contributed by atoms with E-state index in [-0.39, 0.29) is 46.8 Å². The van der Waals surface area contributed by atoms with E-state index in [1.54, 1.807) is 0 Å². The maximum absolute atomic E-state index is 12.6. The molecule has 2 aromatic heterocycles. The summed E-state index contributed by atoms with van der Waals surface area (Å²) < 4.78 is 13.0. The van der Waals surface area contributed by atoms with Crippen LogP contribution in [0.2, 0.25) is 5.28 Å². The maximum atomic E-state index is 12.6. The van der Waals surface area contributed by atoms with Gasteiger partial charge in [-0.25, -0.2) is 19.6 Å². The Hall–Kier alpha value is -4.09. The van der Waals surface area contributed by atoms with Gasteiger partial charge in [0.2, 0.25) is 10.9 Å². The highest BCUT2D eigenvalue weighted by molar-refractivity contribution is 6.28. The number of nitrogens with two attached hydrogens (primary N) is 1. The number of aliphatic imine (C=N–C) groups is 1. The van der Waals surface area contributed by atoms with Crippen LogP contribution in [-0.2, 0) is 20.7 Å². The van der Waals surface area contributed by atoms with Gasteiger partial charge in [0.05, 0.1) is 18.5 Å². The fourth-order valence-electron chi connectivity index (χ4n) is 4.34. The molecule has 0 spiro atoms. The van der Waals surface area contributed by atoms with Gasteiger partial charge in [0, 0.05) is 6.42 Å². The summed E-state index contributed by atoms with van der Waals surface area (Å²) in [7, 11) is 0. The first-order chi connectivity index (χ1) is 18.6. The molecule has 17 heteroatoms. The number of aliphatic hydroxyl groups excluding tert-OH is 2. The van der Waals surface area contributed by atoms with Crippen LogP contribution in [-0.4, -0.2) is 94.9 Å². The molecule has 16 nitrogen and oxygen atoms in total. The van der Waals surface area contributed by atoms with E-state index in [1.807, 2.05) is 0 Å². The fraction of sp³-hybridized carbons (Fsp3) is 0.364. The van der Waals surface area contributed by atoms with Crippen molar-refractivity contribution < 1.29 is 39.5 Å². The van der Waals surface area contributed by atoms with Gasteiger partial charge in [0.25, 0.3) is 0 Å².